The molecule has 2 aromatic rings. The van der Waals surface area contributed by atoms with Gasteiger partial charge in [0.05, 0.1) is 7.11 Å². The van der Waals surface area contributed by atoms with Crippen LogP contribution in [0.4, 0.5) is 13.2 Å². The van der Waals surface area contributed by atoms with E-state index in [0.29, 0.717) is 10.4 Å². The van der Waals surface area contributed by atoms with E-state index < -0.39 is 18.2 Å². The quantitative estimate of drug-likeness (QED) is 0.877. The summed E-state index contributed by atoms with van der Waals surface area (Å²) in [4.78, 5) is 11.8. The number of thiophene rings is 1. The van der Waals surface area contributed by atoms with Gasteiger partial charge >= 0.3 is 12.1 Å². The van der Waals surface area contributed by atoms with Crippen LogP contribution in [0.5, 0.6) is 0 Å². The average Bonchev–Trinajstić information content (AvgIpc) is 2.94. The first-order chi connectivity index (χ1) is 9.82. The summed E-state index contributed by atoms with van der Waals surface area (Å²) in [7, 11) is 1.29. The largest absolute Gasteiger partial charge is 0.465 e. The van der Waals surface area contributed by atoms with Gasteiger partial charge in [0.1, 0.15) is 10.9 Å². The van der Waals surface area contributed by atoms with Crippen molar-refractivity contribution in [2.24, 2.45) is 5.73 Å². The zero-order valence-electron chi connectivity index (χ0n) is 11.0. The van der Waals surface area contributed by atoms with Crippen molar-refractivity contribution >= 4 is 17.3 Å². The Hall–Kier alpha value is -1.86. The first-order valence-electron chi connectivity index (χ1n) is 5.92. The Labute approximate surface area is 123 Å². The van der Waals surface area contributed by atoms with Crippen LogP contribution in [0.1, 0.15) is 21.3 Å². The van der Waals surface area contributed by atoms with E-state index in [1.165, 1.54) is 30.6 Å². The molecule has 0 amide bonds. The van der Waals surface area contributed by atoms with Crippen molar-refractivity contribution in [3.8, 4) is 11.1 Å². The summed E-state index contributed by atoms with van der Waals surface area (Å²) < 4.78 is 42.1. The first kappa shape index (κ1) is 15.5. The third kappa shape index (κ3) is 3.43. The first-order valence-corrected chi connectivity index (χ1v) is 6.80. The highest BCUT2D eigenvalue weighted by atomic mass is 32.1. The lowest BCUT2D eigenvalue weighted by Gasteiger charge is -2.15. The minimum Gasteiger partial charge on any atom is -0.465 e. The van der Waals surface area contributed by atoms with Crippen LogP contribution < -0.4 is 5.73 Å². The Kier molecular flexibility index (Phi) is 4.34. The van der Waals surface area contributed by atoms with E-state index in [1.54, 1.807) is 23.6 Å². The second-order valence-corrected chi connectivity index (χ2v) is 5.24. The number of ether oxygens (including phenoxy) is 1. The van der Waals surface area contributed by atoms with Gasteiger partial charge < -0.3 is 10.5 Å². The highest BCUT2D eigenvalue weighted by Gasteiger charge is 2.37. The predicted octanol–water partition coefficient (Wildman–Crippen LogP) is 3.76. The molecule has 0 saturated heterocycles. The number of hydrogen-bond donors (Lipinski definition) is 1. The lowest BCUT2D eigenvalue weighted by Crippen LogP contribution is -2.28. The monoisotopic (exact) mass is 315 g/mol. The highest BCUT2D eigenvalue weighted by Crippen LogP contribution is 2.32. The molecular weight excluding hydrogens is 303 g/mol. The summed E-state index contributed by atoms with van der Waals surface area (Å²) in [5.41, 5.74) is 6.58. The average molecular weight is 315 g/mol. The zero-order chi connectivity index (χ0) is 15.6. The van der Waals surface area contributed by atoms with Crippen molar-refractivity contribution in [1.82, 2.24) is 0 Å². The maximum absolute atomic E-state index is 12.5. The smallest absolute Gasteiger partial charge is 0.407 e. The van der Waals surface area contributed by atoms with Gasteiger partial charge in [-0.05, 0) is 28.1 Å². The Bertz CT molecular complexity index is 634. The number of rotatable bonds is 3. The van der Waals surface area contributed by atoms with Crippen molar-refractivity contribution < 1.29 is 22.7 Å². The number of esters is 1. The van der Waals surface area contributed by atoms with Crippen LogP contribution in [0.25, 0.3) is 11.1 Å². The number of halogens is 3. The van der Waals surface area contributed by atoms with Crippen molar-refractivity contribution in [1.29, 1.82) is 0 Å². The maximum atomic E-state index is 12.5. The molecule has 0 aliphatic heterocycles. The molecule has 0 unspecified atom stereocenters. The van der Waals surface area contributed by atoms with Crippen molar-refractivity contribution in [2.45, 2.75) is 12.2 Å². The van der Waals surface area contributed by atoms with Gasteiger partial charge in [-0.15, -0.1) is 11.3 Å². The van der Waals surface area contributed by atoms with E-state index in [9.17, 15) is 18.0 Å². The molecule has 0 aliphatic rings. The molecule has 0 saturated carbocycles. The maximum Gasteiger partial charge on any atom is 0.407 e. The molecule has 0 fully saturated rings. The Morgan fingerprint density at radius 1 is 1.24 bits per heavy atom. The number of alkyl halides is 3. The summed E-state index contributed by atoms with van der Waals surface area (Å²) in [6, 6.07) is 5.40. The third-order valence-corrected chi connectivity index (χ3v) is 3.85. The van der Waals surface area contributed by atoms with Crippen LogP contribution in [0.3, 0.4) is 0 Å². The van der Waals surface area contributed by atoms with E-state index in [-0.39, 0.29) is 5.56 Å². The minimum atomic E-state index is -4.47. The topological polar surface area (TPSA) is 52.3 Å². The van der Waals surface area contributed by atoms with E-state index in [1.807, 2.05) is 0 Å². The second-order valence-electron chi connectivity index (χ2n) is 4.33. The fourth-order valence-electron chi connectivity index (χ4n) is 1.77. The van der Waals surface area contributed by atoms with Gasteiger partial charge in [0.15, 0.2) is 0 Å². The standard InChI is InChI=1S/C14H12F3NO2S/c1-20-13(19)11-6-10(7-21-11)8-2-4-9(5-3-8)12(18)14(15,16)17/h2-7,12H,18H2,1H3/t12-/m0/s1. The molecule has 1 aromatic heterocycles. The lowest BCUT2D eigenvalue weighted by molar-refractivity contribution is -0.149. The number of carbonyl (C=O) groups is 1. The fraction of sp³-hybridized carbons (Fsp3) is 0.214. The zero-order valence-corrected chi connectivity index (χ0v) is 11.8. The van der Waals surface area contributed by atoms with Crippen LogP contribution in [-0.2, 0) is 4.74 Å². The van der Waals surface area contributed by atoms with Gasteiger partial charge in [0, 0.05) is 0 Å². The van der Waals surface area contributed by atoms with Crippen LogP contribution in [-0.4, -0.2) is 19.3 Å². The van der Waals surface area contributed by atoms with Gasteiger partial charge in [-0.25, -0.2) is 4.79 Å². The molecular formula is C14H12F3NO2S. The molecule has 2 rings (SSSR count). The molecule has 2 N–H and O–H groups in total. The third-order valence-electron chi connectivity index (χ3n) is 2.94. The number of nitrogens with two attached hydrogens (primary N) is 1. The Morgan fingerprint density at radius 2 is 1.86 bits per heavy atom. The summed E-state index contributed by atoms with van der Waals surface area (Å²) in [6.45, 7) is 0. The predicted molar refractivity (Wildman–Crippen MR) is 74.1 cm³/mol. The van der Waals surface area contributed by atoms with Gasteiger partial charge in [0.2, 0.25) is 0 Å². The summed E-state index contributed by atoms with van der Waals surface area (Å²) in [6.07, 6.45) is -4.47. The molecule has 1 atom stereocenters. The van der Waals surface area contributed by atoms with Gasteiger partial charge in [-0.1, -0.05) is 24.3 Å². The number of benzene rings is 1. The molecule has 0 bridgehead atoms. The van der Waals surface area contributed by atoms with Crippen molar-refractivity contribution in [3.63, 3.8) is 0 Å². The van der Waals surface area contributed by atoms with Crippen molar-refractivity contribution in [3.05, 3.63) is 46.2 Å². The molecule has 0 radical (unpaired) electrons. The van der Waals surface area contributed by atoms with Crippen LogP contribution in [0.2, 0.25) is 0 Å². The molecule has 1 aromatic carbocycles. The molecule has 0 spiro atoms. The second kappa shape index (κ2) is 5.87. The minimum absolute atomic E-state index is 0.00493. The number of methoxy groups -OCH3 is 1. The molecule has 21 heavy (non-hydrogen) atoms. The molecule has 3 nitrogen and oxygen atoms in total. The van der Waals surface area contributed by atoms with Crippen molar-refractivity contribution in [2.75, 3.05) is 7.11 Å². The Morgan fingerprint density at radius 3 is 2.38 bits per heavy atom. The van der Waals surface area contributed by atoms with Gasteiger partial charge in [-0.3, -0.25) is 0 Å². The molecule has 1 heterocycles. The van der Waals surface area contributed by atoms with Gasteiger partial charge in [-0.2, -0.15) is 13.2 Å². The van der Waals surface area contributed by atoms with Gasteiger partial charge in [0.25, 0.3) is 0 Å². The van der Waals surface area contributed by atoms with Crippen LogP contribution >= 0.6 is 11.3 Å². The molecule has 112 valence electrons. The van der Waals surface area contributed by atoms with E-state index in [2.05, 4.69) is 4.74 Å². The summed E-state index contributed by atoms with van der Waals surface area (Å²) in [5, 5.41) is 1.74. The number of carbonyl (C=O) groups excluding carboxylic acids is 1. The van der Waals surface area contributed by atoms with Crippen LogP contribution in [0.15, 0.2) is 35.7 Å². The normalized spacial score (nSPS) is 13.0. The Balaban J connectivity index is 2.23. The SMILES string of the molecule is COC(=O)c1cc(-c2ccc([C@H](N)C(F)(F)F)cc2)cs1. The summed E-state index contributed by atoms with van der Waals surface area (Å²) >= 11 is 1.21. The van der Waals surface area contributed by atoms with Crippen LogP contribution in [0, 0.1) is 0 Å². The molecule has 7 heteroatoms. The van der Waals surface area contributed by atoms with E-state index in [4.69, 9.17) is 5.73 Å². The fourth-order valence-corrected chi connectivity index (χ4v) is 2.60. The lowest BCUT2D eigenvalue weighted by atomic mass is 10.0. The van der Waals surface area contributed by atoms with E-state index >= 15 is 0 Å². The van der Waals surface area contributed by atoms with E-state index in [0.717, 1.165) is 5.56 Å². The number of hydrogen-bond acceptors (Lipinski definition) is 4. The highest BCUT2D eigenvalue weighted by molar-refractivity contribution is 7.12. The molecule has 0 aliphatic carbocycles. The summed E-state index contributed by atoms with van der Waals surface area (Å²) in [5.74, 6) is -0.443.